The van der Waals surface area contributed by atoms with Gasteiger partial charge in [-0.25, -0.2) is 4.79 Å². The minimum absolute atomic E-state index is 0.105. The molecule has 2 aromatic rings. The number of halogens is 1. The van der Waals surface area contributed by atoms with E-state index < -0.39 is 11.9 Å². The summed E-state index contributed by atoms with van der Waals surface area (Å²) in [5, 5.41) is 3.06. The van der Waals surface area contributed by atoms with Crippen LogP contribution in [0.2, 0.25) is 5.02 Å². The minimum atomic E-state index is -0.652. The number of nitrogens with one attached hydrogen (secondary N) is 1. The molecule has 3 rings (SSSR count). The van der Waals surface area contributed by atoms with Crippen molar-refractivity contribution < 1.29 is 28.5 Å². The van der Waals surface area contributed by atoms with E-state index >= 15 is 0 Å². The lowest BCUT2D eigenvalue weighted by molar-refractivity contribution is -0.143. The Bertz CT molecular complexity index is 912. The maximum atomic E-state index is 11.9. The molecule has 1 aliphatic heterocycles. The van der Waals surface area contributed by atoms with Crippen LogP contribution in [0, 0.1) is 0 Å². The SMILES string of the molecule is COc1ccccc1CNC(=O)COC(=O)/C=C/c1cc(Cl)c2c(c1)OCO2. The van der Waals surface area contributed by atoms with E-state index in [2.05, 4.69) is 5.32 Å². The number of rotatable bonds is 7. The van der Waals surface area contributed by atoms with E-state index in [9.17, 15) is 9.59 Å². The van der Waals surface area contributed by atoms with Gasteiger partial charge in [-0.1, -0.05) is 29.8 Å². The fourth-order valence-corrected chi connectivity index (χ4v) is 2.80. The molecule has 1 aliphatic rings. The van der Waals surface area contributed by atoms with Gasteiger partial charge in [0, 0.05) is 18.2 Å². The van der Waals surface area contributed by atoms with Crippen LogP contribution in [0.1, 0.15) is 11.1 Å². The van der Waals surface area contributed by atoms with Crippen LogP contribution in [-0.2, 0) is 20.9 Å². The summed E-state index contributed by atoms with van der Waals surface area (Å²) in [6.45, 7) is -0.0135. The fourth-order valence-electron chi connectivity index (χ4n) is 2.53. The number of fused-ring (bicyclic) bond motifs is 1. The Balaban J connectivity index is 1.47. The highest BCUT2D eigenvalue weighted by molar-refractivity contribution is 6.32. The fraction of sp³-hybridized carbons (Fsp3) is 0.200. The predicted molar refractivity (Wildman–Crippen MR) is 102 cm³/mol. The van der Waals surface area contributed by atoms with Crippen molar-refractivity contribution in [3.8, 4) is 17.2 Å². The van der Waals surface area contributed by atoms with Crippen LogP contribution >= 0.6 is 11.6 Å². The first-order valence-corrected chi connectivity index (χ1v) is 8.77. The van der Waals surface area contributed by atoms with Gasteiger partial charge in [-0.2, -0.15) is 0 Å². The average Bonchev–Trinajstić information content (AvgIpc) is 3.18. The van der Waals surface area contributed by atoms with Gasteiger partial charge in [-0.3, -0.25) is 4.79 Å². The number of para-hydroxylation sites is 1. The van der Waals surface area contributed by atoms with Gasteiger partial charge in [0.1, 0.15) is 5.75 Å². The largest absolute Gasteiger partial charge is 0.496 e. The molecule has 0 radical (unpaired) electrons. The average molecular weight is 404 g/mol. The van der Waals surface area contributed by atoms with E-state index in [1.807, 2.05) is 18.2 Å². The predicted octanol–water partition coefficient (Wildman–Crippen LogP) is 2.95. The maximum Gasteiger partial charge on any atom is 0.331 e. The van der Waals surface area contributed by atoms with E-state index in [1.54, 1.807) is 25.3 Å². The molecule has 0 spiro atoms. The second kappa shape index (κ2) is 9.14. The summed E-state index contributed by atoms with van der Waals surface area (Å²) >= 11 is 6.08. The van der Waals surface area contributed by atoms with Gasteiger partial charge in [0.15, 0.2) is 18.1 Å². The van der Waals surface area contributed by atoms with Gasteiger partial charge in [-0.05, 0) is 29.8 Å². The van der Waals surface area contributed by atoms with Gasteiger partial charge < -0.3 is 24.3 Å². The number of methoxy groups -OCH3 is 1. The van der Waals surface area contributed by atoms with E-state index in [0.717, 1.165) is 5.56 Å². The number of carbonyl (C=O) groups excluding carboxylic acids is 2. The topological polar surface area (TPSA) is 83.1 Å². The first-order chi connectivity index (χ1) is 13.6. The van der Waals surface area contributed by atoms with E-state index in [-0.39, 0.29) is 19.9 Å². The molecule has 1 heterocycles. The summed E-state index contributed by atoms with van der Waals surface area (Å²) < 4.78 is 20.6. The molecule has 0 atom stereocenters. The van der Waals surface area contributed by atoms with Crippen molar-refractivity contribution in [1.29, 1.82) is 0 Å². The molecule has 2 aromatic carbocycles. The first kappa shape index (κ1) is 19.6. The summed E-state index contributed by atoms with van der Waals surface area (Å²) in [7, 11) is 1.56. The molecule has 0 saturated heterocycles. The summed E-state index contributed by atoms with van der Waals surface area (Å²) in [4.78, 5) is 23.7. The summed E-state index contributed by atoms with van der Waals surface area (Å²) in [6.07, 6.45) is 2.73. The zero-order valence-electron chi connectivity index (χ0n) is 15.1. The van der Waals surface area contributed by atoms with Crippen molar-refractivity contribution in [2.45, 2.75) is 6.54 Å². The molecule has 0 saturated carbocycles. The third kappa shape index (κ3) is 4.95. The third-order valence-electron chi connectivity index (χ3n) is 3.88. The van der Waals surface area contributed by atoms with E-state index in [0.29, 0.717) is 27.8 Å². The lowest BCUT2D eigenvalue weighted by Gasteiger charge is -2.09. The van der Waals surface area contributed by atoms with Crippen LogP contribution in [0.4, 0.5) is 0 Å². The van der Waals surface area contributed by atoms with Crippen LogP contribution in [0.15, 0.2) is 42.5 Å². The molecule has 7 nitrogen and oxygen atoms in total. The Kier molecular flexibility index (Phi) is 6.39. The molecule has 146 valence electrons. The van der Waals surface area contributed by atoms with Gasteiger partial charge >= 0.3 is 5.97 Å². The molecule has 1 amide bonds. The smallest absolute Gasteiger partial charge is 0.331 e. The standard InChI is InChI=1S/C20H18ClNO6/c1-25-16-5-3-2-4-14(16)10-22-18(23)11-26-19(24)7-6-13-8-15(21)20-17(9-13)27-12-28-20/h2-9H,10-12H2,1H3,(H,22,23)/b7-6+. The molecule has 0 bridgehead atoms. The molecule has 0 aliphatic carbocycles. The molecule has 0 unspecified atom stereocenters. The van der Waals surface area contributed by atoms with Crippen LogP contribution < -0.4 is 19.5 Å². The Hall–Kier alpha value is -3.19. The zero-order valence-corrected chi connectivity index (χ0v) is 15.8. The number of benzene rings is 2. The van der Waals surface area contributed by atoms with Crippen molar-refractivity contribution in [3.63, 3.8) is 0 Å². The second-order valence-electron chi connectivity index (χ2n) is 5.77. The maximum absolute atomic E-state index is 11.9. The highest BCUT2D eigenvalue weighted by atomic mass is 35.5. The van der Waals surface area contributed by atoms with Crippen molar-refractivity contribution in [2.75, 3.05) is 20.5 Å². The van der Waals surface area contributed by atoms with Crippen molar-refractivity contribution >= 4 is 29.6 Å². The summed E-state index contributed by atoms with van der Waals surface area (Å²) in [6, 6.07) is 10.7. The molecule has 1 N–H and O–H groups in total. The quantitative estimate of drug-likeness (QED) is 0.565. The van der Waals surface area contributed by atoms with Crippen LogP contribution in [0.25, 0.3) is 6.08 Å². The van der Waals surface area contributed by atoms with Gasteiger partial charge in [0.2, 0.25) is 6.79 Å². The third-order valence-corrected chi connectivity index (χ3v) is 4.16. The molecular weight excluding hydrogens is 386 g/mol. The summed E-state index contributed by atoms with van der Waals surface area (Å²) in [5.41, 5.74) is 1.47. The van der Waals surface area contributed by atoms with Gasteiger partial charge in [-0.15, -0.1) is 0 Å². The Morgan fingerprint density at radius 3 is 2.89 bits per heavy atom. The highest BCUT2D eigenvalue weighted by Gasteiger charge is 2.17. The first-order valence-electron chi connectivity index (χ1n) is 8.39. The summed E-state index contributed by atoms with van der Waals surface area (Å²) in [5.74, 6) is 0.592. The van der Waals surface area contributed by atoms with Gasteiger partial charge in [0.05, 0.1) is 12.1 Å². The minimum Gasteiger partial charge on any atom is -0.496 e. The van der Waals surface area contributed by atoms with Crippen LogP contribution in [-0.4, -0.2) is 32.4 Å². The number of esters is 1. The van der Waals surface area contributed by atoms with E-state index in [4.69, 9.17) is 30.5 Å². The Labute approximate surface area is 166 Å². The molecule has 0 aromatic heterocycles. The highest BCUT2D eigenvalue weighted by Crippen LogP contribution is 2.40. The Morgan fingerprint density at radius 2 is 2.07 bits per heavy atom. The molecule has 0 fully saturated rings. The molecule has 28 heavy (non-hydrogen) atoms. The molecule has 8 heteroatoms. The lowest BCUT2D eigenvalue weighted by Crippen LogP contribution is -2.28. The van der Waals surface area contributed by atoms with Gasteiger partial charge in [0.25, 0.3) is 5.91 Å². The molecular formula is C20H18ClNO6. The number of carbonyl (C=O) groups is 2. The lowest BCUT2D eigenvalue weighted by atomic mass is 10.2. The zero-order chi connectivity index (χ0) is 19.9. The number of hydrogen-bond acceptors (Lipinski definition) is 6. The number of amides is 1. The monoisotopic (exact) mass is 403 g/mol. The number of ether oxygens (including phenoxy) is 4. The van der Waals surface area contributed by atoms with Crippen LogP contribution in [0.5, 0.6) is 17.2 Å². The second-order valence-corrected chi connectivity index (χ2v) is 6.17. The normalized spacial score (nSPS) is 12.1. The van der Waals surface area contributed by atoms with E-state index in [1.165, 1.54) is 12.2 Å². The van der Waals surface area contributed by atoms with Crippen molar-refractivity contribution in [1.82, 2.24) is 5.32 Å². The van der Waals surface area contributed by atoms with Crippen LogP contribution in [0.3, 0.4) is 0 Å². The van der Waals surface area contributed by atoms with Crippen molar-refractivity contribution in [3.05, 3.63) is 58.6 Å². The Morgan fingerprint density at radius 1 is 1.25 bits per heavy atom. The van der Waals surface area contributed by atoms with Crippen molar-refractivity contribution in [2.24, 2.45) is 0 Å². The number of hydrogen-bond donors (Lipinski definition) is 1.